The first-order chi connectivity index (χ1) is 8.99. The molecule has 0 saturated heterocycles. The Balaban J connectivity index is 2.20. The van der Waals surface area contributed by atoms with E-state index in [1.165, 1.54) is 16.2 Å². The van der Waals surface area contributed by atoms with Crippen LogP contribution < -0.4 is 5.73 Å². The summed E-state index contributed by atoms with van der Waals surface area (Å²) in [4.78, 5) is 28.9. The monoisotopic (exact) mass is 277 g/mol. The van der Waals surface area contributed by atoms with E-state index in [1.54, 1.807) is 31.6 Å². The van der Waals surface area contributed by atoms with Crippen LogP contribution >= 0.6 is 11.3 Å². The van der Waals surface area contributed by atoms with Gasteiger partial charge < -0.3 is 10.6 Å². The molecule has 1 unspecified atom stereocenters. The Morgan fingerprint density at radius 3 is 2.89 bits per heavy atom. The molecule has 0 aliphatic heterocycles. The van der Waals surface area contributed by atoms with E-state index in [1.807, 2.05) is 6.07 Å². The van der Waals surface area contributed by atoms with Crippen molar-refractivity contribution in [2.75, 3.05) is 7.05 Å². The number of nitrogens with zero attached hydrogens (tertiary/aromatic N) is 2. The van der Waals surface area contributed by atoms with Crippen LogP contribution in [0.1, 0.15) is 23.7 Å². The second kappa shape index (κ2) is 5.36. The predicted octanol–water partition coefficient (Wildman–Crippen LogP) is 1.63. The molecule has 0 saturated carbocycles. The van der Waals surface area contributed by atoms with Gasteiger partial charge in [-0.3, -0.25) is 9.59 Å². The summed E-state index contributed by atoms with van der Waals surface area (Å²) in [5, 5.41) is 0. The highest BCUT2D eigenvalue weighted by Crippen LogP contribution is 2.20. The van der Waals surface area contributed by atoms with E-state index in [0.717, 1.165) is 10.2 Å². The molecule has 19 heavy (non-hydrogen) atoms. The molecule has 1 heterocycles. The Morgan fingerprint density at radius 2 is 2.21 bits per heavy atom. The number of hydrogen-bond donors (Lipinski definition) is 1. The molecule has 0 bridgehead atoms. The summed E-state index contributed by atoms with van der Waals surface area (Å²) in [6.45, 7) is 1.80. The van der Waals surface area contributed by atoms with Gasteiger partial charge in [0, 0.05) is 25.1 Å². The van der Waals surface area contributed by atoms with Crippen molar-refractivity contribution in [3.8, 4) is 0 Å². The Hall–Kier alpha value is -1.95. The average Bonchev–Trinajstić information content (AvgIpc) is 2.83. The number of nitrogens with two attached hydrogens (primary N) is 1. The van der Waals surface area contributed by atoms with E-state index in [0.29, 0.717) is 5.56 Å². The van der Waals surface area contributed by atoms with Crippen molar-refractivity contribution in [1.29, 1.82) is 0 Å². The van der Waals surface area contributed by atoms with Crippen molar-refractivity contribution < 1.29 is 9.59 Å². The van der Waals surface area contributed by atoms with Gasteiger partial charge in [0.05, 0.1) is 15.7 Å². The molecule has 0 fully saturated rings. The summed E-state index contributed by atoms with van der Waals surface area (Å²) in [6, 6.07) is 5.20. The van der Waals surface area contributed by atoms with E-state index in [2.05, 4.69) is 4.98 Å². The van der Waals surface area contributed by atoms with Crippen molar-refractivity contribution in [2.45, 2.75) is 19.4 Å². The summed E-state index contributed by atoms with van der Waals surface area (Å²) in [7, 11) is 1.67. The van der Waals surface area contributed by atoms with Gasteiger partial charge in [-0.1, -0.05) is 0 Å². The Bertz CT molecular complexity index is 623. The second-order valence-electron chi connectivity index (χ2n) is 4.47. The van der Waals surface area contributed by atoms with Gasteiger partial charge in [0.25, 0.3) is 5.91 Å². The van der Waals surface area contributed by atoms with Gasteiger partial charge >= 0.3 is 0 Å². The molecule has 2 amide bonds. The smallest absolute Gasteiger partial charge is 0.253 e. The van der Waals surface area contributed by atoms with Crippen LogP contribution in [0, 0.1) is 0 Å². The molecule has 1 aromatic carbocycles. The molecule has 0 aliphatic carbocycles. The Morgan fingerprint density at radius 1 is 1.47 bits per heavy atom. The van der Waals surface area contributed by atoms with E-state index >= 15 is 0 Å². The zero-order chi connectivity index (χ0) is 14.0. The fourth-order valence-corrected chi connectivity index (χ4v) is 2.48. The van der Waals surface area contributed by atoms with Crippen molar-refractivity contribution in [2.24, 2.45) is 5.73 Å². The largest absolute Gasteiger partial charge is 0.370 e. The first kappa shape index (κ1) is 13.5. The van der Waals surface area contributed by atoms with Crippen LogP contribution in [0.5, 0.6) is 0 Å². The highest BCUT2D eigenvalue weighted by atomic mass is 32.1. The van der Waals surface area contributed by atoms with Gasteiger partial charge in [0.2, 0.25) is 5.91 Å². The molecule has 2 aromatic rings. The summed E-state index contributed by atoms with van der Waals surface area (Å²) < 4.78 is 1.05. The zero-order valence-corrected chi connectivity index (χ0v) is 11.6. The van der Waals surface area contributed by atoms with Crippen molar-refractivity contribution in [1.82, 2.24) is 9.88 Å². The highest BCUT2D eigenvalue weighted by molar-refractivity contribution is 7.16. The van der Waals surface area contributed by atoms with Crippen LogP contribution in [0.2, 0.25) is 0 Å². The third kappa shape index (κ3) is 2.90. The summed E-state index contributed by atoms with van der Waals surface area (Å²) in [5.41, 5.74) is 8.27. The number of carbonyl (C=O) groups is 2. The molecular formula is C13H15N3O2S. The van der Waals surface area contributed by atoms with Crippen LogP contribution in [0.4, 0.5) is 0 Å². The number of aromatic nitrogens is 1. The molecule has 0 spiro atoms. The van der Waals surface area contributed by atoms with Crippen molar-refractivity contribution >= 4 is 33.4 Å². The van der Waals surface area contributed by atoms with Gasteiger partial charge in [0.15, 0.2) is 0 Å². The standard InChI is InChI=1S/C13H15N3O2S/c1-8(5-12(14)17)16(2)13(18)9-3-4-11-10(6-9)15-7-19-11/h3-4,6-8H,5H2,1-2H3,(H2,14,17). The fourth-order valence-electron chi connectivity index (χ4n) is 1.82. The Kier molecular flexibility index (Phi) is 3.80. The first-order valence-electron chi connectivity index (χ1n) is 5.87. The van der Waals surface area contributed by atoms with Gasteiger partial charge in [-0.25, -0.2) is 4.98 Å². The Labute approximate surface area is 115 Å². The third-order valence-corrected chi connectivity index (χ3v) is 3.87. The van der Waals surface area contributed by atoms with Gasteiger partial charge in [-0.05, 0) is 25.1 Å². The molecule has 1 atom stereocenters. The van der Waals surface area contributed by atoms with Crippen LogP contribution in [0.25, 0.3) is 10.2 Å². The minimum absolute atomic E-state index is 0.136. The average molecular weight is 277 g/mol. The number of amides is 2. The molecule has 6 heteroatoms. The fraction of sp³-hybridized carbons (Fsp3) is 0.308. The maximum Gasteiger partial charge on any atom is 0.253 e. The molecule has 100 valence electrons. The molecular weight excluding hydrogens is 262 g/mol. The lowest BCUT2D eigenvalue weighted by atomic mass is 10.1. The number of fused-ring (bicyclic) bond motifs is 1. The molecule has 5 nitrogen and oxygen atoms in total. The van der Waals surface area contributed by atoms with Gasteiger partial charge in [-0.15, -0.1) is 11.3 Å². The SMILES string of the molecule is CC(CC(N)=O)N(C)C(=O)c1ccc2scnc2c1. The number of benzene rings is 1. The molecule has 0 radical (unpaired) electrons. The third-order valence-electron chi connectivity index (χ3n) is 3.06. The second-order valence-corrected chi connectivity index (χ2v) is 5.36. The van der Waals surface area contributed by atoms with Gasteiger partial charge in [-0.2, -0.15) is 0 Å². The lowest BCUT2D eigenvalue weighted by Gasteiger charge is -2.24. The molecule has 0 aliphatic rings. The highest BCUT2D eigenvalue weighted by Gasteiger charge is 2.19. The molecule has 2 N–H and O–H groups in total. The minimum Gasteiger partial charge on any atom is -0.370 e. The number of thiazole rings is 1. The lowest BCUT2D eigenvalue weighted by Crippen LogP contribution is -2.37. The molecule has 1 aromatic heterocycles. The van der Waals surface area contributed by atoms with Crippen LogP contribution in [0.3, 0.4) is 0 Å². The quantitative estimate of drug-likeness (QED) is 0.922. The van der Waals surface area contributed by atoms with Crippen molar-refractivity contribution in [3.05, 3.63) is 29.3 Å². The number of primary amides is 1. The number of hydrogen-bond acceptors (Lipinski definition) is 4. The number of rotatable bonds is 4. The predicted molar refractivity (Wildman–Crippen MR) is 75.0 cm³/mol. The van der Waals surface area contributed by atoms with E-state index in [4.69, 9.17) is 5.73 Å². The van der Waals surface area contributed by atoms with Gasteiger partial charge in [0.1, 0.15) is 0 Å². The number of carbonyl (C=O) groups excluding carboxylic acids is 2. The van der Waals surface area contributed by atoms with Crippen LogP contribution in [-0.2, 0) is 4.79 Å². The molecule has 2 rings (SSSR count). The minimum atomic E-state index is -0.415. The maximum absolute atomic E-state index is 12.3. The summed E-state index contributed by atoms with van der Waals surface area (Å²) in [5.74, 6) is -0.550. The van der Waals surface area contributed by atoms with Crippen molar-refractivity contribution in [3.63, 3.8) is 0 Å². The van der Waals surface area contributed by atoms with Crippen LogP contribution in [-0.4, -0.2) is 34.8 Å². The lowest BCUT2D eigenvalue weighted by molar-refractivity contribution is -0.118. The summed E-state index contributed by atoms with van der Waals surface area (Å²) in [6.07, 6.45) is 0.154. The summed E-state index contributed by atoms with van der Waals surface area (Å²) >= 11 is 1.53. The van der Waals surface area contributed by atoms with E-state index in [9.17, 15) is 9.59 Å². The normalized spacial score (nSPS) is 12.3. The zero-order valence-electron chi connectivity index (χ0n) is 10.8. The van der Waals surface area contributed by atoms with Crippen LogP contribution in [0.15, 0.2) is 23.7 Å². The van der Waals surface area contributed by atoms with E-state index < -0.39 is 5.91 Å². The maximum atomic E-state index is 12.3. The topological polar surface area (TPSA) is 76.3 Å². The van der Waals surface area contributed by atoms with E-state index in [-0.39, 0.29) is 18.4 Å². The first-order valence-corrected chi connectivity index (χ1v) is 6.75.